The van der Waals surface area contributed by atoms with E-state index in [-0.39, 0.29) is 98.9 Å². The van der Waals surface area contributed by atoms with Crippen molar-refractivity contribution in [2.24, 2.45) is 13.0 Å². The number of aromatic nitrogens is 6. The van der Waals surface area contributed by atoms with Crippen LogP contribution in [0.3, 0.4) is 0 Å². The van der Waals surface area contributed by atoms with E-state index in [4.69, 9.17) is 51.6 Å². The van der Waals surface area contributed by atoms with Crippen molar-refractivity contribution in [3.8, 4) is 34.3 Å². The van der Waals surface area contributed by atoms with Gasteiger partial charge in [0.05, 0.1) is 68.5 Å². The molecule has 4 fully saturated rings. The van der Waals surface area contributed by atoms with E-state index in [0.29, 0.717) is 47.9 Å². The lowest BCUT2D eigenvalue weighted by Crippen LogP contribution is -2.59. The van der Waals surface area contributed by atoms with Crippen LogP contribution in [0.1, 0.15) is 85.3 Å². The number of imidazole rings is 1. The summed E-state index contributed by atoms with van der Waals surface area (Å²) >= 11 is 13.3. The number of aliphatic hydroxyl groups is 5. The Morgan fingerprint density at radius 2 is 1.27 bits per heavy atom. The number of hydrogen-bond acceptors (Lipinski definition) is 25. The smallest absolute Gasteiger partial charge is 0.433 e. The lowest BCUT2D eigenvalue weighted by atomic mass is 9.87. The number of fused-ring (bicyclic) bond motifs is 1. The molecule has 8 aromatic rings. The summed E-state index contributed by atoms with van der Waals surface area (Å²) in [6, 6.07) is 27.1. The van der Waals surface area contributed by atoms with Gasteiger partial charge in [-0.1, -0.05) is 84.6 Å². The monoisotopic (exact) mass is 1770 g/mol. The molecule has 1 aliphatic carbocycles. The highest BCUT2D eigenvalue weighted by Crippen LogP contribution is 2.38. The third kappa shape index (κ3) is 24.3. The summed E-state index contributed by atoms with van der Waals surface area (Å²) < 4.78 is 121. The number of anilines is 3. The van der Waals surface area contributed by atoms with Gasteiger partial charge in [0.25, 0.3) is 0 Å². The number of nitrogens with zero attached hydrogens (tertiary/aromatic N) is 10. The number of aliphatic hydroxyl groups excluding tert-OH is 5. The summed E-state index contributed by atoms with van der Waals surface area (Å²) in [5, 5.41) is 73.6. The number of rotatable bonds is 28. The number of benzene rings is 5. The van der Waals surface area contributed by atoms with Gasteiger partial charge in [0.15, 0.2) is 0 Å². The first-order chi connectivity index (χ1) is 59.2. The maximum absolute atomic E-state index is 16.5. The van der Waals surface area contributed by atoms with Gasteiger partial charge in [-0.05, 0) is 137 Å². The molecule has 1 saturated carbocycles. The molecule has 3 aliphatic heterocycles. The second kappa shape index (κ2) is 42.3. The number of alkyl halides is 6. The normalized spacial score (nSPS) is 24.8. The van der Waals surface area contributed by atoms with Crippen molar-refractivity contribution in [3.63, 3.8) is 0 Å². The zero-order valence-corrected chi connectivity index (χ0v) is 70.6. The van der Waals surface area contributed by atoms with Gasteiger partial charge in [-0.15, -0.1) is 0 Å². The molecule has 10 N–H and O–H groups in total. The third-order valence-corrected chi connectivity index (χ3v) is 23.1. The van der Waals surface area contributed by atoms with E-state index < -0.39 is 164 Å². The molecule has 6 heterocycles. The van der Waals surface area contributed by atoms with Gasteiger partial charge in [-0.3, -0.25) is 24.5 Å². The zero-order valence-electron chi connectivity index (χ0n) is 69.1. The Balaban J connectivity index is 0.893. The quantitative estimate of drug-likeness (QED) is 0.0161. The third-order valence-electron chi connectivity index (χ3n) is 22.6. The highest BCUT2D eigenvalue weighted by Gasteiger charge is 2.45. The highest BCUT2D eigenvalue weighted by atomic mass is 35.5. The van der Waals surface area contributed by atoms with E-state index in [1.54, 1.807) is 67.7 Å². The van der Waals surface area contributed by atoms with Crippen molar-refractivity contribution in [1.82, 2.24) is 59.7 Å². The van der Waals surface area contributed by atoms with Crippen LogP contribution in [0.5, 0.6) is 23.0 Å². The van der Waals surface area contributed by atoms with Gasteiger partial charge in [-0.2, -0.15) is 26.3 Å². The topological polar surface area (TPSA) is 367 Å². The molecule has 12 rings (SSSR count). The minimum atomic E-state index is -4.82. The molecule has 1 unspecified atom stereocenters. The van der Waals surface area contributed by atoms with Crippen LogP contribution in [0.4, 0.5) is 43.9 Å². The number of hydrogen-bond donors (Lipinski definition) is 10. The Labute approximate surface area is 722 Å². The lowest BCUT2D eigenvalue weighted by Gasteiger charge is -2.42. The van der Waals surface area contributed by atoms with Crippen LogP contribution in [0.2, 0.25) is 10.0 Å². The fourth-order valence-corrected chi connectivity index (χ4v) is 16.1. The SMILES string of the molecule is COC[C@@H]1NC(=O)[C@H](CCCNc2cc(OC[C@H]3OC[C@H](Nc4nccc(C(F)(F)F)n4)[C@@H](O)[C@H]3O)ccc2OC[C@H]2OC[C@H](Nc3nccc(C(F)(F)F)n3)[C@@H](O)[C@H]2O)N(Cc2ccc(Cl)cc2Oc2ccc(-c3cnc(CN(C)C)n3C)cc2)C(=O)C[C@@H](Cc2ccccc2)C(=O)N(C)[C@H]2CCCC[C@@H]2NC(O)C[C@H](Cc2ccc(Cl)cc2)N(C)C1=O. The Kier molecular flexibility index (Phi) is 31.7. The number of carbonyl (C=O) groups is 4. The first-order valence-electron chi connectivity index (χ1n) is 40.7. The largest absolute Gasteiger partial charge is 0.491 e. The lowest BCUT2D eigenvalue weighted by molar-refractivity contribution is -0.150. The summed E-state index contributed by atoms with van der Waals surface area (Å²) in [6.45, 7) is -1.86. The van der Waals surface area contributed by atoms with Crippen LogP contribution in [-0.2, 0) is 78.7 Å². The van der Waals surface area contributed by atoms with Crippen LogP contribution in [0.25, 0.3) is 11.3 Å². The molecule has 4 aliphatic rings. The molecule has 30 nitrogen and oxygen atoms in total. The number of halogens is 8. The predicted octanol–water partition coefficient (Wildman–Crippen LogP) is 8.95. The Bertz CT molecular complexity index is 4880. The fourth-order valence-electron chi connectivity index (χ4n) is 15.8. The second-order valence-electron chi connectivity index (χ2n) is 31.7. The van der Waals surface area contributed by atoms with Crippen molar-refractivity contribution >= 4 is 64.4 Å². The zero-order chi connectivity index (χ0) is 88.7. The van der Waals surface area contributed by atoms with Crippen molar-refractivity contribution in [2.75, 3.05) is 90.8 Å². The maximum atomic E-state index is 16.5. The average molecular weight is 1770 g/mol. The van der Waals surface area contributed by atoms with Gasteiger partial charge in [-0.25, -0.2) is 24.9 Å². The van der Waals surface area contributed by atoms with Gasteiger partial charge < -0.3 is 99.4 Å². The standard InChI is InChI=1S/C86H103Cl2F6N15O15/c1-105(2)43-73-98-41-66(107(73)4)51-21-26-57(27-22-51)124-68-38-55(88)25-20-52(68)42-109-65(80(116)100-63(44-119-6)82(118)106(3)56(36-50-18-23-54(87)24-19-50)39-74(110)99-59-15-10-11-16-64(59)108(5)81(117)53(37-75(109)111)35-49-13-8-7-9-14-49)17-12-32-95-60-40-58(120-47-69-78(114)76(112)61(45-121-69)101-83-96-33-30-71(103-83)85(89,90)91)28-29-67(60)123-48-70-79(115)77(113)62(46-122-70)102-84-97-34-31-72(104-84)86(92,93)94/h7-9,13-14,18-31,33-34,38,40-41,53,56,59,61-65,69-70,74,76-79,95,99,110,112-115H,10-12,15-17,32,35-37,39,42-48H2,1-6H3,(H,100,116)(H,96,101,103)(H,97,102,104)/t53-,56+,59+,61+,62+,63+,64+,65+,69-,70-,74?,76-,77-,78+,79+/m1/s1. The van der Waals surface area contributed by atoms with E-state index in [9.17, 15) is 51.9 Å². The molecule has 4 amide bonds. The van der Waals surface area contributed by atoms with E-state index >= 15 is 19.2 Å². The molecule has 0 bridgehead atoms. The number of amides is 4. The van der Waals surface area contributed by atoms with Crippen LogP contribution in [0.15, 0.2) is 146 Å². The molecule has 124 heavy (non-hydrogen) atoms. The Hall–Kier alpha value is -10.1. The highest BCUT2D eigenvalue weighted by molar-refractivity contribution is 6.31. The van der Waals surface area contributed by atoms with Crippen LogP contribution in [-0.4, -0.2) is 258 Å². The second-order valence-corrected chi connectivity index (χ2v) is 32.6. The number of methoxy groups -OCH3 is 1. The molecule has 15 atom stereocenters. The minimum Gasteiger partial charge on any atom is -0.491 e. The summed E-state index contributed by atoms with van der Waals surface area (Å²) in [6.07, 6.45) is -14.3. The molecule has 3 saturated heterocycles. The number of nitrogens with one attached hydrogen (secondary N) is 5. The molecule has 38 heteroatoms. The fraction of sp³-hybridized carbons (Fsp3) is 0.477. The van der Waals surface area contributed by atoms with Crippen molar-refractivity contribution in [2.45, 2.75) is 175 Å². The van der Waals surface area contributed by atoms with Gasteiger partial charge >= 0.3 is 12.4 Å². The molecule has 668 valence electrons. The van der Waals surface area contributed by atoms with E-state index in [2.05, 4.69) is 51.5 Å². The van der Waals surface area contributed by atoms with Crippen molar-refractivity contribution in [1.29, 1.82) is 0 Å². The van der Waals surface area contributed by atoms with E-state index in [0.717, 1.165) is 53.4 Å². The van der Waals surface area contributed by atoms with E-state index in [1.165, 1.54) is 35.1 Å². The molecule has 5 aromatic carbocycles. The van der Waals surface area contributed by atoms with Crippen molar-refractivity contribution < 1.29 is 99.5 Å². The number of carbonyl (C=O) groups excluding carboxylic acids is 4. The summed E-state index contributed by atoms with van der Waals surface area (Å²) in [7, 11) is 10.5. The summed E-state index contributed by atoms with van der Waals surface area (Å²) in [5.74, 6) is -2.94. The van der Waals surface area contributed by atoms with Gasteiger partial charge in [0, 0.05) is 105 Å². The average Bonchev–Trinajstić information content (AvgIpc) is 0.897. The minimum absolute atomic E-state index is 0.00753. The van der Waals surface area contributed by atoms with Crippen LogP contribution < -0.4 is 40.8 Å². The van der Waals surface area contributed by atoms with Crippen LogP contribution in [0, 0.1) is 5.92 Å². The molecule has 0 radical (unpaired) electrons. The Morgan fingerprint density at radius 1 is 0.653 bits per heavy atom. The number of likely N-dealkylation sites (N-methyl/N-ethyl adjacent to an activating group) is 2. The van der Waals surface area contributed by atoms with Gasteiger partial charge in [0.2, 0.25) is 35.5 Å². The van der Waals surface area contributed by atoms with E-state index in [1.807, 2.05) is 85.2 Å². The molecule has 3 aromatic heterocycles. The first kappa shape index (κ1) is 93.1. The van der Waals surface area contributed by atoms with Gasteiger partial charge in [0.1, 0.15) is 108 Å². The van der Waals surface area contributed by atoms with Crippen LogP contribution >= 0.6 is 23.2 Å². The predicted molar refractivity (Wildman–Crippen MR) is 446 cm³/mol. The van der Waals surface area contributed by atoms with Crippen molar-refractivity contribution in [3.05, 3.63) is 190 Å². The molecule has 0 spiro atoms. The molecular formula is C86H103Cl2F6N15O15. The number of ether oxygens (including phenoxy) is 6. The Morgan fingerprint density at radius 3 is 1.90 bits per heavy atom. The molecular weight excluding hydrogens is 1670 g/mol. The first-order valence-corrected chi connectivity index (χ1v) is 41.5. The maximum Gasteiger partial charge on any atom is 0.433 e. The summed E-state index contributed by atoms with van der Waals surface area (Å²) in [4.78, 5) is 90.0. The summed E-state index contributed by atoms with van der Waals surface area (Å²) in [5.41, 5.74) is 1.21.